The summed E-state index contributed by atoms with van der Waals surface area (Å²) >= 11 is 0. The highest BCUT2D eigenvalue weighted by atomic mass is 16.3. The van der Waals surface area contributed by atoms with Crippen molar-refractivity contribution < 1.29 is 10.2 Å². The lowest BCUT2D eigenvalue weighted by Gasteiger charge is -2.31. The van der Waals surface area contributed by atoms with Gasteiger partial charge in [0.25, 0.3) is 0 Å². The molecule has 2 N–H and O–H groups in total. The van der Waals surface area contributed by atoms with Crippen molar-refractivity contribution in [1.29, 1.82) is 0 Å². The van der Waals surface area contributed by atoms with Gasteiger partial charge in [-0.3, -0.25) is 0 Å². The zero-order valence-corrected chi connectivity index (χ0v) is 15.5. The van der Waals surface area contributed by atoms with Gasteiger partial charge in [0.2, 0.25) is 0 Å². The fourth-order valence-electron chi connectivity index (χ4n) is 2.99. The van der Waals surface area contributed by atoms with Gasteiger partial charge in [-0.05, 0) is 58.3 Å². The normalized spacial score (nSPS) is 18.1. The first kappa shape index (κ1) is 21.7. The Kier molecular flexibility index (Phi) is 12.9. The molecule has 0 heterocycles. The first-order valence-electron chi connectivity index (χ1n) is 9.40. The fourth-order valence-corrected chi connectivity index (χ4v) is 2.99. The first-order valence-corrected chi connectivity index (χ1v) is 9.40. The van der Waals surface area contributed by atoms with Crippen molar-refractivity contribution in [2.24, 2.45) is 5.92 Å². The largest absolute Gasteiger partial charge is 0.396 e. The van der Waals surface area contributed by atoms with Crippen LogP contribution in [0, 0.1) is 5.92 Å². The van der Waals surface area contributed by atoms with Crippen molar-refractivity contribution >= 4 is 0 Å². The molecule has 2 heteroatoms. The van der Waals surface area contributed by atoms with Gasteiger partial charge in [-0.1, -0.05) is 57.6 Å². The average molecular weight is 313 g/mol. The van der Waals surface area contributed by atoms with E-state index in [4.69, 9.17) is 5.11 Å². The van der Waals surface area contributed by atoms with Crippen LogP contribution < -0.4 is 0 Å². The van der Waals surface area contributed by atoms with E-state index in [1.54, 1.807) is 0 Å². The lowest BCUT2D eigenvalue weighted by molar-refractivity contribution is -0.00549. The van der Waals surface area contributed by atoms with Crippen molar-refractivity contribution in [3.8, 4) is 0 Å². The van der Waals surface area contributed by atoms with E-state index in [-0.39, 0.29) is 5.60 Å². The minimum absolute atomic E-state index is 0.270. The fraction of sp³-hybridized carbons (Fsp3) is 0.900. The molecule has 22 heavy (non-hydrogen) atoms. The monoisotopic (exact) mass is 312 g/mol. The molecular formula is C20H40O2. The van der Waals surface area contributed by atoms with Crippen molar-refractivity contribution in [3.63, 3.8) is 0 Å². The molecule has 0 spiro atoms. The number of rotatable bonds is 8. The summed E-state index contributed by atoms with van der Waals surface area (Å²) in [5.41, 5.74) is 1.12. The summed E-state index contributed by atoms with van der Waals surface area (Å²) < 4.78 is 0. The summed E-state index contributed by atoms with van der Waals surface area (Å²) in [5, 5.41) is 18.6. The van der Waals surface area contributed by atoms with Gasteiger partial charge in [0.05, 0.1) is 5.60 Å². The molecule has 0 aliphatic heterocycles. The Labute approximate surface area is 139 Å². The minimum atomic E-state index is -0.270. The molecule has 0 radical (unpaired) electrons. The van der Waals surface area contributed by atoms with Crippen molar-refractivity contribution in [3.05, 3.63) is 11.6 Å². The summed E-state index contributed by atoms with van der Waals surface area (Å²) in [5.74, 6) is 0.663. The van der Waals surface area contributed by atoms with Gasteiger partial charge < -0.3 is 10.2 Å². The number of aliphatic hydroxyl groups is 2. The second kappa shape index (κ2) is 13.1. The average Bonchev–Trinajstić information content (AvgIpc) is 2.46. The SMILES string of the molecule is CC(C)=CCCC(C)CCO.CCCCC1(O)CCCCC1. The highest BCUT2D eigenvalue weighted by molar-refractivity contribution is 4.92. The first-order chi connectivity index (χ1) is 10.4. The summed E-state index contributed by atoms with van der Waals surface area (Å²) in [6.45, 7) is 8.95. The van der Waals surface area contributed by atoms with Crippen LogP contribution in [0.2, 0.25) is 0 Å². The van der Waals surface area contributed by atoms with Crippen molar-refractivity contribution in [1.82, 2.24) is 0 Å². The third-order valence-corrected chi connectivity index (χ3v) is 4.61. The maximum Gasteiger partial charge on any atom is 0.0647 e. The van der Waals surface area contributed by atoms with Crippen molar-refractivity contribution in [2.75, 3.05) is 6.61 Å². The van der Waals surface area contributed by atoms with Crippen molar-refractivity contribution in [2.45, 2.75) is 104 Å². The van der Waals surface area contributed by atoms with E-state index in [0.717, 1.165) is 32.1 Å². The second-order valence-electron chi connectivity index (χ2n) is 7.36. The summed E-state index contributed by atoms with van der Waals surface area (Å²) in [7, 11) is 0. The van der Waals surface area contributed by atoms with Gasteiger partial charge >= 0.3 is 0 Å². The van der Waals surface area contributed by atoms with Gasteiger partial charge in [-0.15, -0.1) is 0 Å². The quantitative estimate of drug-likeness (QED) is 0.571. The number of unbranched alkanes of at least 4 members (excludes halogenated alkanes) is 1. The van der Waals surface area contributed by atoms with Crippen LogP contribution in [-0.4, -0.2) is 22.4 Å². The molecule has 1 aliphatic carbocycles. The Morgan fingerprint density at radius 2 is 1.77 bits per heavy atom. The van der Waals surface area contributed by atoms with Crippen LogP contribution in [0.15, 0.2) is 11.6 Å². The minimum Gasteiger partial charge on any atom is -0.396 e. The van der Waals surface area contributed by atoms with Crippen LogP contribution in [0.3, 0.4) is 0 Å². The van der Waals surface area contributed by atoms with E-state index in [1.165, 1.54) is 44.1 Å². The Morgan fingerprint density at radius 3 is 2.27 bits per heavy atom. The molecule has 1 rings (SSSR count). The van der Waals surface area contributed by atoms with E-state index >= 15 is 0 Å². The van der Waals surface area contributed by atoms with Gasteiger partial charge in [0.15, 0.2) is 0 Å². The van der Waals surface area contributed by atoms with Crippen LogP contribution in [0.5, 0.6) is 0 Å². The maximum atomic E-state index is 10.0. The van der Waals surface area contributed by atoms with Crippen LogP contribution in [0.1, 0.15) is 98.3 Å². The third kappa shape index (κ3) is 12.2. The number of hydrogen-bond acceptors (Lipinski definition) is 2. The molecular weight excluding hydrogens is 272 g/mol. The Bertz CT molecular complexity index is 273. The summed E-state index contributed by atoms with van der Waals surface area (Å²) in [4.78, 5) is 0. The van der Waals surface area contributed by atoms with Crippen LogP contribution >= 0.6 is 0 Å². The molecule has 0 amide bonds. The zero-order chi connectivity index (χ0) is 16.8. The number of aliphatic hydroxyl groups excluding tert-OH is 1. The molecule has 2 nitrogen and oxygen atoms in total. The molecule has 0 bridgehead atoms. The molecule has 0 aromatic heterocycles. The molecule has 1 saturated carbocycles. The zero-order valence-electron chi connectivity index (χ0n) is 15.5. The van der Waals surface area contributed by atoms with Crippen LogP contribution in [0.25, 0.3) is 0 Å². The Hall–Kier alpha value is -0.340. The smallest absolute Gasteiger partial charge is 0.0647 e. The summed E-state index contributed by atoms with van der Waals surface area (Å²) in [6, 6.07) is 0. The molecule has 1 fully saturated rings. The number of hydrogen-bond donors (Lipinski definition) is 2. The van der Waals surface area contributed by atoms with Crippen LogP contribution in [-0.2, 0) is 0 Å². The predicted octanol–water partition coefficient (Wildman–Crippen LogP) is 5.62. The van der Waals surface area contributed by atoms with E-state index in [1.807, 2.05) is 0 Å². The molecule has 0 aromatic carbocycles. The highest BCUT2D eigenvalue weighted by Crippen LogP contribution is 2.31. The molecule has 132 valence electrons. The molecule has 0 aromatic rings. The molecule has 0 saturated heterocycles. The lowest BCUT2D eigenvalue weighted by Crippen LogP contribution is -2.30. The summed E-state index contributed by atoms with van der Waals surface area (Å²) in [6.07, 6.45) is 14.9. The van der Waals surface area contributed by atoms with E-state index in [9.17, 15) is 5.11 Å². The van der Waals surface area contributed by atoms with Crippen LogP contribution in [0.4, 0.5) is 0 Å². The van der Waals surface area contributed by atoms with E-state index in [0.29, 0.717) is 12.5 Å². The second-order valence-corrected chi connectivity index (χ2v) is 7.36. The Morgan fingerprint density at radius 1 is 1.14 bits per heavy atom. The standard InChI is InChI=1S/2C10H20O/c1-2-3-7-10(11)8-5-4-6-9-10;1-9(2)5-4-6-10(3)7-8-11/h11H,2-9H2,1H3;5,10-11H,4,6-8H2,1-3H3. The van der Waals surface area contributed by atoms with E-state index < -0.39 is 0 Å². The third-order valence-electron chi connectivity index (χ3n) is 4.61. The van der Waals surface area contributed by atoms with Gasteiger partial charge in [-0.25, -0.2) is 0 Å². The van der Waals surface area contributed by atoms with Gasteiger partial charge in [0.1, 0.15) is 0 Å². The maximum absolute atomic E-state index is 10.0. The molecule has 1 atom stereocenters. The lowest BCUT2D eigenvalue weighted by atomic mass is 9.81. The number of allylic oxidation sites excluding steroid dienone is 2. The molecule has 1 aliphatic rings. The van der Waals surface area contributed by atoms with E-state index in [2.05, 4.69) is 33.8 Å². The highest BCUT2D eigenvalue weighted by Gasteiger charge is 2.27. The Balaban J connectivity index is 0.000000401. The molecule has 1 unspecified atom stereocenters. The predicted molar refractivity (Wildman–Crippen MR) is 97.1 cm³/mol. The topological polar surface area (TPSA) is 40.5 Å². The van der Waals surface area contributed by atoms with Gasteiger partial charge in [0, 0.05) is 6.61 Å². The van der Waals surface area contributed by atoms with Gasteiger partial charge in [-0.2, -0.15) is 0 Å².